The molecule has 0 fully saturated rings. The molecule has 2 nitrogen and oxygen atoms in total. The summed E-state index contributed by atoms with van der Waals surface area (Å²) in [7, 11) is 6.31. The van der Waals surface area contributed by atoms with Crippen molar-refractivity contribution >= 4 is 23.8 Å². The van der Waals surface area contributed by atoms with Crippen molar-refractivity contribution in [1.29, 1.82) is 0 Å². The summed E-state index contributed by atoms with van der Waals surface area (Å²) in [6.45, 7) is 0. The van der Waals surface area contributed by atoms with E-state index in [-0.39, 0.29) is 12.4 Å². The van der Waals surface area contributed by atoms with Gasteiger partial charge in [-0.25, -0.2) is 0 Å². The predicted octanol–water partition coefficient (Wildman–Crippen LogP) is 1.89. The number of hydrogen-bond acceptors (Lipinski definition) is 1. The van der Waals surface area contributed by atoms with Crippen LogP contribution in [0.2, 0.25) is 0 Å². The van der Waals surface area contributed by atoms with Gasteiger partial charge < -0.3 is 5.73 Å². The van der Waals surface area contributed by atoms with Crippen LogP contribution >= 0.6 is 12.4 Å². The Morgan fingerprint density at radius 2 is 1.58 bits per heavy atom. The Morgan fingerprint density at radius 1 is 1.08 bits per heavy atom. The monoisotopic (exact) mass is 187 g/mol. The molecule has 0 aromatic heterocycles. The van der Waals surface area contributed by atoms with Crippen LogP contribution in [-0.2, 0) is 0 Å². The lowest BCUT2D eigenvalue weighted by molar-refractivity contribution is 0.488. The Labute approximate surface area is 80.0 Å². The Balaban J connectivity index is 0.00000121. The number of hydrogen-bond donors (Lipinski definition) is 1. The smallest absolute Gasteiger partial charge is 0.155 e. The third kappa shape index (κ3) is 2.40. The standard InChI is InChI=1S/C9H15N2.ClH/c1-11(2,3)9-7-5-4-6-8(9)10;/h4-7H,10H2,1-3H3;1H/q+1;. The van der Waals surface area contributed by atoms with E-state index in [9.17, 15) is 0 Å². The zero-order valence-electron chi connectivity index (χ0n) is 7.74. The number of para-hydroxylation sites is 2. The van der Waals surface area contributed by atoms with Gasteiger partial charge >= 0.3 is 0 Å². The molecule has 2 N–H and O–H groups in total. The van der Waals surface area contributed by atoms with Gasteiger partial charge in [-0.3, -0.25) is 4.48 Å². The van der Waals surface area contributed by atoms with Crippen LogP contribution in [-0.4, -0.2) is 21.1 Å². The molecule has 0 aliphatic heterocycles. The molecule has 0 bridgehead atoms. The van der Waals surface area contributed by atoms with Crippen molar-refractivity contribution in [2.24, 2.45) is 0 Å². The maximum Gasteiger partial charge on any atom is 0.155 e. The van der Waals surface area contributed by atoms with Gasteiger partial charge in [0.15, 0.2) is 5.69 Å². The number of benzene rings is 1. The molecule has 0 amide bonds. The minimum atomic E-state index is 0. The molecule has 1 rings (SSSR count). The molecule has 0 aliphatic carbocycles. The first-order valence-electron chi connectivity index (χ1n) is 3.68. The van der Waals surface area contributed by atoms with Crippen LogP contribution in [0.25, 0.3) is 0 Å². The van der Waals surface area contributed by atoms with Crippen molar-refractivity contribution < 1.29 is 0 Å². The molecule has 68 valence electrons. The Hall–Kier alpha value is -0.730. The van der Waals surface area contributed by atoms with Gasteiger partial charge in [-0.1, -0.05) is 12.1 Å². The molecule has 0 radical (unpaired) electrons. The van der Waals surface area contributed by atoms with Crippen LogP contribution < -0.4 is 10.2 Å². The molecule has 3 heteroatoms. The summed E-state index contributed by atoms with van der Waals surface area (Å²) >= 11 is 0. The molecule has 12 heavy (non-hydrogen) atoms. The third-order valence-corrected chi connectivity index (χ3v) is 1.66. The number of nitrogen functional groups attached to an aromatic ring is 1. The fourth-order valence-electron chi connectivity index (χ4n) is 1.10. The fourth-order valence-corrected chi connectivity index (χ4v) is 1.10. The summed E-state index contributed by atoms with van der Waals surface area (Å²) in [6.07, 6.45) is 0. The Bertz CT molecular complexity index is 253. The van der Waals surface area contributed by atoms with E-state index in [1.165, 1.54) is 0 Å². The van der Waals surface area contributed by atoms with E-state index in [0.717, 1.165) is 15.9 Å². The largest absolute Gasteiger partial charge is 0.394 e. The number of quaternary nitrogens is 1. The van der Waals surface area contributed by atoms with Crippen molar-refractivity contribution in [3.05, 3.63) is 24.3 Å². The Morgan fingerprint density at radius 3 is 1.92 bits per heavy atom. The van der Waals surface area contributed by atoms with Gasteiger partial charge in [0, 0.05) is 6.07 Å². The second kappa shape index (κ2) is 3.78. The lowest BCUT2D eigenvalue weighted by Crippen LogP contribution is -2.35. The lowest BCUT2D eigenvalue weighted by atomic mass is 10.2. The van der Waals surface area contributed by atoms with E-state index in [0.29, 0.717) is 0 Å². The maximum absolute atomic E-state index is 5.79. The number of nitrogens with zero attached hydrogens (tertiary/aromatic N) is 1. The van der Waals surface area contributed by atoms with Crippen LogP contribution in [0.1, 0.15) is 0 Å². The molecule has 0 saturated carbocycles. The highest BCUT2D eigenvalue weighted by Gasteiger charge is 2.13. The first-order chi connectivity index (χ1) is 5.02. The summed E-state index contributed by atoms with van der Waals surface area (Å²) in [5, 5.41) is 0. The van der Waals surface area contributed by atoms with E-state index >= 15 is 0 Å². The van der Waals surface area contributed by atoms with Crippen molar-refractivity contribution in [1.82, 2.24) is 4.48 Å². The second-order valence-electron chi connectivity index (χ2n) is 3.57. The van der Waals surface area contributed by atoms with Gasteiger partial charge in [-0.15, -0.1) is 12.4 Å². The summed E-state index contributed by atoms with van der Waals surface area (Å²) in [5.41, 5.74) is 7.81. The van der Waals surface area contributed by atoms with Crippen molar-refractivity contribution in [3.63, 3.8) is 0 Å². The van der Waals surface area contributed by atoms with E-state index < -0.39 is 0 Å². The summed E-state index contributed by atoms with van der Waals surface area (Å²) in [5.74, 6) is 0. The zero-order valence-corrected chi connectivity index (χ0v) is 8.56. The molecule has 0 aliphatic rings. The lowest BCUT2D eigenvalue weighted by Gasteiger charge is -2.24. The molecule has 0 saturated heterocycles. The molecule has 0 atom stereocenters. The minimum Gasteiger partial charge on any atom is -0.394 e. The normalized spacial score (nSPS) is 10.6. The summed E-state index contributed by atoms with van der Waals surface area (Å²) in [4.78, 5) is 0. The topological polar surface area (TPSA) is 26.0 Å². The first kappa shape index (κ1) is 11.3. The van der Waals surface area contributed by atoms with E-state index in [1.54, 1.807) is 0 Å². The Kier molecular flexibility index (Phi) is 3.55. The third-order valence-electron chi connectivity index (χ3n) is 1.66. The predicted molar refractivity (Wildman–Crippen MR) is 57.7 cm³/mol. The highest BCUT2D eigenvalue weighted by Crippen LogP contribution is 2.23. The van der Waals surface area contributed by atoms with Crippen LogP contribution in [0.5, 0.6) is 0 Å². The van der Waals surface area contributed by atoms with Crippen molar-refractivity contribution in [2.45, 2.75) is 0 Å². The molecule has 0 unspecified atom stereocenters. The quantitative estimate of drug-likeness (QED) is 0.528. The minimum absolute atomic E-state index is 0. The molecule has 0 heterocycles. The van der Waals surface area contributed by atoms with Crippen LogP contribution in [0.15, 0.2) is 24.3 Å². The summed E-state index contributed by atoms with van der Waals surface area (Å²) in [6, 6.07) is 7.94. The second-order valence-corrected chi connectivity index (χ2v) is 3.57. The number of halogens is 1. The maximum atomic E-state index is 5.79. The average molecular weight is 188 g/mol. The van der Waals surface area contributed by atoms with Gasteiger partial charge in [0.25, 0.3) is 0 Å². The summed E-state index contributed by atoms with van der Waals surface area (Å²) < 4.78 is 0.771. The van der Waals surface area contributed by atoms with Crippen molar-refractivity contribution in [3.8, 4) is 0 Å². The molecular formula is C9H16ClN2+. The van der Waals surface area contributed by atoms with Crippen LogP contribution in [0, 0.1) is 0 Å². The van der Waals surface area contributed by atoms with Gasteiger partial charge in [-0.05, 0) is 6.07 Å². The van der Waals surface area contributed by atoms with E-state index in [4.69, 9.17) is 5.73 Å². The van der Waals surface area contributed by atoms with E-state index in [2.05, 4.69) is 27.2 Å². The molecule has 1 aromatic rings. The van der Waals surface area contributed by atoms with E-state index in [1.807, 2.05) is 18.2 Å². The average Bonchev–Trinajstić information content (AvgIpc) is 1.86. The number of anilines is 1. The van der Waals surface area contributed by atoms with Gasteiger partial charge in [0.1, 0.15) is 0 Å². The fraction of sp³-hybridized carbons (Fsp3) is 0.333. The van der Waals surface area contributed by atoms with Gasteiger partial charge in [-0.2, -0.15) is 0 Å². The van der Waals surface area contributed by atoms with Gasteiger partial charge in [0.2, 0.25) is 0 Å². The number of nitrogens with two attached hydrogens (primary N) is 1. The van der Waals surface area contributed by atoms with Crippen LogP contribution in [0.3, 0.4) is 0 Å². The van der Waals surface area contributed by atoms with Crippen LogP contribution in [0.4, 0.5) is 11.4 Å². The SMILES string of the molecule is C[N+](C)(C)c1ccccc1N.Cl. The molecular weight excluding hydrogens is 172 g/mol. The molecule has 0 spiro atoms. The zero-order chi connectivity index (χ0) is 8.48. The molecule has 1 aromatic carbocycles. The number of rotatable bonds is 1. The highest BCUT2D eigenvalue weighted by atomic mass is 35.5. The van der Waals surface area contributed by atoms with Crippen molar-refractivity contribution in [2.75, 3.05) is 26.9 Å². The first-order valence-corrected chi connectivity index (χ1v) is 3.68. The highest BCUT2D eigenvalue weighted by molar-refractivity contribution is 5.85. The van der Waals surface area contributed by atoms with Gasteiger partial charge in [0.05, 0.1) is 26.8 Å².